The molecule has 1 amide bonds. The van der Waals surface area contributed by atoms with Crippen LogP contribution in [0.3, 0.4) is 0 Å². The van der Waals surface area contributed by atoms with Gasteiger partial charge in [0.15, 0.2) is 0 Å². The first-order chi connectivity index (χ1) is 17.8. The van der Waals surface area contributed by atoms with Gasteiger partial charge in [0.05, 0.1) is 23.5 Å². The van der Waals surface area contributed by atoms with Gasteiger partial charge in [-0.05, 0) is 93.0 Å². The number of carboxylic acids is 1. The number of aryl methyl sites for hydroxylation is 1. The molecule has 3 N–H and O–H groups in total. The van der Waals surface area contributed by atoms with E-state index in [0.717, 1.165) is 24.8 Å². The zero-order valence-corrected chi connectivity index (χ0v) is 20.8. The Kier molecular flexibility index (Phi) is 5.79. The van der Waals surface area contributed by atoms with E-state index in [4.69, 9.17) is 4.74 Å². The van der Waals surface area contributed by atoms with Gasteiger partial charge in [0.25, 0.3) is 5.91 Å². The van der Waals surface area contributed by atoms with Crippen LogP contribution in [0.25, 0.3) is 5.69 Å². The van der Waals surface area contributed by atoms with Gasteiger partial charge in [-0.1, -0.05) is 24.3 Å². The maximum absolute atomic E-state index is 13.5. The van der Waals surface area contributed by atoms with Crippen molar-refractivity contribution in [3.63, 3.8) is 0 Å². The molecule has 0 spiro atoms. The predicted molar refractivity (Wildman–Crippen MR) is 137 cm³/mol. The molecule has 3 aromatic rings. The van der Waals surface area contributed by atoms with E-state index in [0.29, 0.717) is 34.8 Å². The van der Waals surface area contributed by atoms with Gasteiger partial charge in [-0.15, -0.1) is 0 Å². The summed E-state index contributed by atoms with van der Waals surface area (Å²) in [5.41, 5.74) is 2.17. The summed E-state index contributed by atoms with van der Waals surface area (Å²) in [5.74, 6) is 0.223. The first-order valence-electron chi connectivity index (χ1n) is 13.0. The minimum absolute atomic E-state index is 0.0358. The fourth-order valence-electron chi connectivity index (χ4n) is 7.11. The maximum atomic E-state index is 13.5. The molecule has 4 bridgehead atoms. The van der Waals surface area contributed by atoms with E-state index in [1.807, 2.05) is 31.2 Å². The second-order valence-corrected chi connectivity index (χ2v) is 11.1. The quantitative estimate of drug-likeness (QED) is 0.404. The SMILES string of the molecule is Cc1ccccc1-n1nc(COC23CC4CC(CC(C4)C2)C3)c(C(=O)Nc2cccc(C(=O)O)c2)c1O. The predicted octanol–water partition coefficient (Wildman–Crippen LogP) is 5.32. The molecule has 37 heavy (non-hydrogen) atoms. The number of rotatable bonds is 7. The number of ether oxygens (including phenoxy) is 1. The summed E-state index contributed by atoms with van der Waals surface area (Å²) in [4.78, 5) is 24.8. The second kappa shape index (κ2) is 9.03. The molecule has 0 unspecified atom stereocenters. The number of aromatic carboxylic acids is 1. The van der Waals surface area contributed by atoms with Gasteiger partial charge in [0, 0.05) is 5.69 Å². The lowest BCUT2D eigenvalue weighted by molar-refractivity contribution is -0.169. The zero-order valence-electron chi connectivity index (χ0n) is 20.8. The number of carbonyl (C=O) groups is 2. The average molecular weight is 502 g/mol. The van der Waals surface area contributed by atoms with Crippen LogP contribution in [0.4, 0.5) is 5.69 Å². The molecule has 4 aliphatic rings. The Morgan fingerprint density at radius 1 is 1.05 bits per heavy atom. The van der Waals surface area contributed by atoms with Gasteiger partial charge in [-0.2, -0.15) is 9.78 Å². The van der Waals surface area contributed by atoms with Gasteiger partial charge in [0.2, 0.25) is 5.88 Å². The highest BCUT2D eigenvalue weighted by Gasteiger charge is 2.51. The normalized spacial score (nSPS) is 25.8. The van der Waals surface area contributed by atoms with Crippen LogP contribution in [0.1, 0.15) is 70.5 Å². The van der Waals surface area contributed by atoms with E-state index in [2.05, 4.69) is 10.4 Å². The van der Waals surface area contributed by atoms with Crippen molar-refractivity contribution in [1.82, 2.24) is 9.78 Å². The lowest BCUT2D eigenvalue weighted by Crippen LogP contribution is -2.51. The fourth-order valence-corrected chi connectivity index (χ4v) is 7.11. The molecule has 0 atom stereocenters. The van der Waals surface area contributed by atoms with Crippen molar-refractivity contribution < 1.29 is 24.5 Å². The van der Waals surface area contributed by atoms with Gasteiger partial charge < -0.3 is 20.3 Å². The van der Waals surface area contributed by atoms with Crippen LogP contribution in [0.15, 0.2) is 48.5 Å². The third-order valence-corrected chi connectivity index (χ3v) is 8.37. The highest BCUT2D eigenvalue weighted by Crippen LogP contribution is 2.57. The molecule has 192 valence electrons. The van der Waals surface area contributed by atoms with E-state index >= 15 is 0 Å². The Morgan fingerprint density at radius 3 is 2.38 bits per heavy atom. The van der Waals surface area contributed by atoms with E-state index in [1.165, 1.54) is 36.1 Å². The molecule has 2 aromatic carbocycles. The van der Waals surface area contributed by atoms with Crippen molar-refractivity contribution in [1.29, 1.82) is 0 Å². The number of benzene rings is 2. The highest BCUT2D eigenvalue weighted by molar-refractivity contribution is 6.07. The number of carboxylic acid groups (broad SMARTS) is 1. The fraction of sp³-hybridized carbons (Fsp3) is 0.414. The van der Waals surface area contributed by atoms with Crippen LogP contribution < -0.4 is 5.32 Å². The monoisotopic (exact) mass is 501 g/mol. The molecule has 0 radical (unpaired) electrons. The van der Waals surface area contributed by atoms with E-state index in [-0.39, 0.29) is 29.2 Å². The number of para-hydroxylation sites is 1. The molecular weight excluding hydrogens is 470 g/mol. The molecule has 4 aliphatic carbocycles. The van der Waals surface area contributed by atoms with Crippen LogP contribution >= 0.6 is 0 Å². The number of anilines is 1. The zero-order chi connectivity index (χ0) is 25.7. The lowest BCUT2D eigenvalue weighted by atomic mass is 9.54. The molecule has 1 heterocycles. The van der Waals surface area contributed by atoms with Crippen LogP contribution in [0.5, 0.6) is 5.88 Å². The number of amides is 1. The first-order valence-corrected chi connectivity index (χ1v) is 13.0. The van der Waals surface area contributed by atoms with Crippen molar-refractivity contribution in [2.45, 2.75) is 57.7 Å². The first kappa shape index (κ1) is 23.7. The Hall–Kier alpha value is -3.65. The highest BCUT2D eigenvalue weighted by atomic mass is 16.5. The molecule has 0 aliphatic heterocycles. The number of hydrogen-bond acceptors (Lipinski definition) is 5. The van der Waals surface area contributed by atoms with Crippen molar-refractivity contribution in [2.75, 3.05) is 5.32 Å². The van der Waals surface area contributed by atoms with Crippen LogP contribution in [-0.4, -0.2) is 37.5 Å². The smallest absolute Gasteiger partial charge is 0.335 e. The minimum Gasteiger partial charge on any atom is -0.493 e. The molecule has 7 rings (SSSR count). The van der Waals surface area contributed by atoms with E-state index in [9.17, 15) is 19.8 Å². The summed E-state index contributed by atoms with van der Waals surface area (Å²) in [6.45, 7) is 2.04. The van der Waals surface area contributed by atoms with E-state index in [1.54, 1.807) is 12.1 Å². The third kappa shape index (κ3) is 4.39. The molecule has 8 nitrogen and oxygen atoms in total. The van der Waals surface area contributed by atoms with Crippen LogP contribution in [0, 0.1) is 24.7 Å². The van der Waals surface area contributed by atoms with Gasteiger partial charge in [-0.25, -0.2) is 4.79 Å². The number of carbonyl (C=O) groups excluding carboxylic acids is 1. The summed E-state index contributed by atoms with van der Waals surface area (Å²) < 4.78 is 7.99. The number of nitrogens with one attached hydrogen (secondary N) is 1. The summed E-state index contributed by atoms with van der Waals surface area (Å²) in [6, 6.07) is 13.5. The van der Waals surface area contributed by atoms with Crippen LogP contribution in [-0.2, 0) is 11.3 Å². The summed E-state index contributed by atoms with van der Waals surface area (Å²) in [5, 5.41) is 27.9. The Bertz CT molecular complexity index is 1340. The summed E-state index contributed by atoms with van der Waals surface area (Å²) in [7, 11) is 0. The molecule has 4 saturated carbocycles. The number of aromatic hydroxyl groups is 1. The molecule has 8 heteroatoms. The maximum Gasteiger partial charge on any atom is 0.335 e. The Morgan fingerprint density at radius 2 is 1.73 bits per heavy atom. The summed E-state index contributed by atoms with van der Waals surface area (Å²) in [6.07, 6.45) is 7.05. The molecule has 4 fully saturated rings. The topological polar surface area (TPSA) is 114 Å². The van der Waals surface area contributed by atoms with Crippen molar-refractivity contribution in [3.8, 4) is 11.6 Å². The van der Waals surface area contributed by atoms with Crippen molar-refractivity contribution in [2.24, 2.45) is 17.8 Å². The van der Waals surface area contributed by atoms with Crippen LogP contribution in [0.2, 0.25) is 0 Å². The number of hydrogen-bond donors (Lipinski definition) is 3. The Labute approximate surface area is 215 Å². The number of nitrogens with zero attached hydrogens (tertiary/aromatic N) is 2. The summed E-state index contributed by atoms with van der Waals surface area (Å²) >= 11 is 0. The third-order valence-electron chi connectivity index (χ3n) is 8.37. The van der Waals surface area contributed by atoms with Gasteiger partial charge in [0.1, 0.15) is 11.3 Å². The number of aromatic nitrogens is 2. The molecule has 1 aromatic heterocycles. The largest absolute Gasteiger partial charge is 0.493 e. The van der Waals surface area contributed by atoms with Gasteiger partial charge in [-0.3, -0.25) is 4.79 Å². The Balaban J connectivity index is 1.33. The van der Waals surface area contributed by atoms with Crippen molar-refractivity contribution >= 4 is 17.6 Å². The lowest BCUT2D eigenvalue weighted by Gasteiger charge is -2.56. The van der Waals surface area contributed by atoms with Gasteiger partial charge >= 0.3 is 5.97 Å². The standard InChI is InChI=1S/C29H31N3O5/c1-17-5-2-3-8-24(17)32-27(34)25(26(33)30-22-7-4-6-21(12-22)28(35)36)23(31-32)16-37-29-13-18-9-19(14-29)11-20(10-18)15-29/h2-8,12,18-20,34H,9-11,13-16H2,1H3,(H,30,33)(H,35,36). The van der Waals surface area contributed by atoms with E-state index < -0.39 is 11.9 Å². The molecular formula is C29H31N3O5. The van der Waals surface area contributed by atoms with Crippen molar-refractivity contribution in [3.05, 3.63) is 70.9 Å². The average Bonchev–Trinajstić information content (AvgIpc) is 3.18. The minimum atomic E-state index is -1.09. The second-order valence-electron chi connectivity index (χ2n) is 11.1. The molecule has 0 saturated heterocycles.